The van der Waals surface area contributed by atoms with Crippen LogP contribution in [-0.4, -0.2) is 26.6 Å². The normalized spacial score (nSPS) is 11.7. The summed E-state index contributed by atoms with van der Waals surface area (Å²) in [6.07, 6.45) is 3.07. The van der Waals surface area contributed by atoms with Gasteiger partial charge in [0.2, 0.25) is 5.91 Å². The Morgan fingerprint density at radius 3 is 2.16 bits per heavy atom. The first-order chi connectivity index (χ1) is 12.0. The Balaban J connectivity index is 1.77. The number of nitrogens with zero attached hydrogens (tertiary/aromatic N) is 3. The summed E-state index contributed by atoms with van der Waals surface area (Å²) in [5.74, 6) is -1.65. The fraction of sp³-hybridized carbons (Fsp3) is 0.0588. The van der Waals surface area contributed by atoms with E-state index in [1.807, 2.05) is 0 Å². The van der Waals surface area contributed by atoms with E-state index in [9.17, 15) is 14.0 Å². The van der Waals surface area contributed by atoms with E-state index in [0.29, 0.717) is 11.1 Å². The molecule has 3 N–H and O–H groups in total. The summed E-state index contributed by atoms with van der Waals surface area (Å²) in [5.41, 5.74) is 6.90. The topological polar surface area (TPSA) is 103 Å². The quantitative estimate of drug-likeness (QED) is 0.732. The summed E-state index contributed by atoms with van der Waals surface area (Å²) >= 11 is 0. The van der Waals surface area contributed by atoms with Crippen LogP contribution in [0.4, 0.5) is 4.39 Å². The molecule has 3 aromatic rings. The van der Waals surface area contributed by atoms with E-state index >= 15 is 0 Å². The average molecular weight is 339 g/mol. The zero-order valence-electron chi connectivity index (χ0n) is 13.0. The van der Waals surface area contributed by atoms with E-state index < -0.39 is 23.7 Å². The molecular weight excluding hydrogens is 325 g/mol. The third-order valence-corrected chi connectivity index (χ3v) is 3.61. The largest absolute Gasteiger partial charge is 0.368 e. The maximum Gasteiger partial charge on any atom is 0.252 e. The second-order valence-corrected chi connectivity index (χ2v) is 5.28. The van der Waals surface area contributed by atoms with Gasteiger partial charge >= 0.3 is 0 Å². The van der Waals surface area contributed by atoms with Gasteiger partial charge in [-0.1, -0.05) is 12.1 Å². The van der Waals surface area contributed by atoms with Gasteiger partial charge in [-0.3, -0.25) is 14.2 Å². The van der Waals surface area contributed by atoms with E-state index in [-0.39, 0.29) is 0 Å². The lowest BCUT2D eigenvalue weighted by molar-refractivity contribution is -0.120. The number of carbonyl (C=O) groups is 2. The van der Waals surface area contributed by atoms with Crippen LogP contribution < -0.4 is 11.1 Å². The molecule has 0 aliphatic rings. The molecule has 7 nitrogen and oxygen atoms in total. The minimum atomic E-state index is -1.05. The van der Waals surface area contributed by atoms with E-state index in [1.165, 1.54) is 36.9 Å². The van der Waals surface area contributed by atoms with Gasteiger partial charge in [0, 0.05) is 11.3 Å². The third kappa shape index (κ3) is 3.69. The van der Waals surface area contributed by atoms with Crippen molar-refractivity contribution in [2.45, 2.75) is 6.04 Å². The smallest absolute Gasteiger partial charge is 0.252 e. The number of halogens is 1. The summed E-state index contributed by atoms with van der Waals surface area (Å²) < 4.78 is 14.7. The minimum absolute atomic E-state index is 0.352. The van der Waals surface area contributed by atoms with Crippen LogP contribution in [0.15, 0.2) is 61.2 Å². The number of aromatic nitrogens is 3. The van der Waals surface area contributed by atoms with Crippen molar-refractivity contribution in [3.8, 4) is 5.69 Å². The maximum absolute atomic E-state index is 13.0. The van der Waals surface area contributed by atoms with Gasteiger partial charge in [-0.2, -0.15) is 0 Å². The summed E-state index contributed by atoms with van der Waals surface area (Å²) in [7, 11) is 0. The van der Waals surface area contributed by atoms with Crippen LogP contribution in [0.2, 0.25) is 0 Å². The molecule has 2 amide bonds. The van der Waals surface area contributed by atoms with Crippen LogP contribution in [0.5, 0.6) is 0 Å². The van der Waals surface area contributed by atoms with Gasteiger partial charge in [0.15, 0.2) is 0 Å². The maximum atomic E-state index is 13.0. The Morgan fingerprint density at radius 1 is 1.00 bits per heavy atom. The van der Waals surface area contributed by atoms with E-state index in [0.717, 1.165) is 5.69 Å². The van der Waals surface area contributed by atoms with Gasteiger partial charge in [0.25, 0.3) is 5.91 Å². The Labute approximate surface area is 142 Å². The Kier molecular flexibility index (Phi) is 4.51. The van der Waals surface area contributed by atoms with Crippen molar-refractivity contribution in [1.82, 2.24) is 20.1 Å². The highest BCUT2D eigenvalue weighted by Gasteiger charge is 2.21. The monoisotopic (exact) mass is 339 g/mol. The Bertz CT molecular complexity index is 876. The van der Waals surface area contributed by atoms with Crippen LogP contribution >= 0.6 is 0 Å². The number of benzene rings is 2. The molecule has 8 heteroatoms. The molecule has 0 aliphatic heterocycles. The zero-order chi connectivity index (χ0) is 17.8. The van der Waals surface area contributed by atoms with Gasteiger partial charge in [-0.05, 0) is 42.0 Å². The number of primary amides is 1. The van der Waals surface area contributed by atoms with Crippen molar-refractivity contribution >= 4 is 11.8 Å². The lowest BCUT2D eigenvalue weighted by Gasteiger charge is -2.16. The molecule has 1 heterocycles. The van der Waals surface area contributed by atoms with Gasteiger partial charge in [-0.25, -0.2) is 4.39 Å². The van der Waals surface area contributed by atoms with Crippen molar-refractivity contribution < 1.29 is 14.0 Å². The summed E-state index contributed by atoms with van der Waals surface area (Å²) in [6, 6.07) is 10.8. The molecule has 0 radical (unpaired) electrons. The summed E-state index contributed by atoms with van der Waals surface area (Å²) in [5, 5.41) is 9.98. The van der Waals surface area contributed by atoms with Crippen LogP contribution in [-0.2, 0) is 4.79 Å². The lowest BCUT2D eigenvalue weighted by atomic mass is 10.1. The molecule has 1 aromatic heterocycles. The molecule has 25 heavy (non-hydrogen) atoms. The van der Waals surface area contributed by atoms with Crippen LogP contribution in [0, 0.1) is 5.82 Å². The standard InChI is InChI=1S/C17H14FN5O2/c18-13-5-1-11(2-6-13)15(16(19)24)22-17(25)12-3-7-14(8-4-12)23-9-20-21-10-23/h1-10,15H,(H2,19,24)(H,22,25)/t15-/m1/s1. The molecule has 0 aliphatic carbocycles. The highest BCUT2D eigenvalue weighted by atomic mass is 19.1. The number of nitrogens with one attached hydrogen (secondary N) is 1. The fourth-order valence-electron chi connectivity index (χ4n) is 2.31. The van der Waals surface area contributed by atoms with E-state index in [1.54, 1.807) is 28.8 Å². The summed E-state index contributed by atoms with van der Waals surface area (Å²) in [4.78, 5) is 24.0. The first kappa shape index (κ1) is 16.3. The Morgan fingerprint density at radius 2 is 1.60 bits per heavy atom. The predicted molar refractivity (Wildman–Crippen MR) is 87.2 cm³/mol. The highest BCUT2D eigenvalue weighted by molar-refractivity contribution is 5.97. The molecule has 3 rings (SSSR count). The molecule has 2 aromatic carbocycles. The van der Waals surface area contributed by atoms with E-state index in [4.69, 9.17) is 5.73 Å². The van der Waals surface area contributed by atoms with Crippen molar-refractivity contribution in [3.05, 3.63) is 78.1 Å². The van der Waals surface area contributed by atoms with Crippen LogP contribution in [0.1, 0.15) is 22.0 Å². The molecule has 0 spiro atoms. The molecule has 0 bridgehead atoms. The number of amides is 2. The fourth-order valence-corrected chi connectivity index (χ4v) is 2.31. The SMILES string of the molecule is NC(=O)[C@H](NC(=O)c1ccc(-n2cnnc2)cc1)c1ccc(F)cc1. The van der Waals surface area contributed by atoms with Gasteiger partial charge in [0.1, 0.15) is 24.5 Å². The van der Waals surface area contributed by atoms with Crippen molar-refractivity contribution in [3.63, 3.8) is 0 Å². The number of carbonyl (C=O) groups excluding carboxylic acids is 2. The van der Waals surface area contributed by atoms with Gasteiger partial charge < -0.3 is 11.1 Å². The molecule has 0 saturated carbocycles. The van der Waals surface area contributed by atoms with Crippen LogP contribution in [0.25, 0.3) is 5.69 Å². The third-order valence-electron chi connectivity index (χ3n) is 3.61. The second kappa shape index (κ2) is 6.91. The van der Waals surface area contributed by atoms with Gasteiger partial charge in [0.05, 0.1) is 0 Å². The minimum Gasteiger partial charge on any atom is -0.368 e. The van der Waals surface area contributed by atoms with Crippen LogP contribution in [0.3, 0.4) is 0 Å². The summed E-state index contributed by atoms with van der Waals surface area (Å²) in [6.45, 7) is 0. The highest BCUT2D eigenvalue weighted by Crippen LogP contribution is 2.15. The lowest BCUT2D eigenvalue weighted by Crippen LogP contribution is -2.37. The Hall–Kier alpha value is -3.55. The number of nitrogens with two attached hydrogens (primary N) is 1. The molecule has 1 atom stereocenters. The number of rotatable bonds is 5. The van der Waals surface area contributed by atoms with E-state index in [2.05, 4.69) is 15.5 Å². The van der Waals surface area contributed by atoms with Crippen molar-refractivity contribution in [2.24, 2.45) is 5.73 Å². The molecule has 0 saturated heterocycles. The van der Waals surface area contributed by atoms with Crippen molar-refractivity contribution in [1.29, 1.82) is 0 Å². The predicted octanol–water partition coefficient (Wildman–Crippen LogP) is 1.36. The number of hydrogen-bond donors (Lipinski definition) is 2. The zero-order valence-corrected chi connectivity index (χ0v) is 13.0. The second-order valence-electron chi connectivity index (χ2n) is 5.28. The molecule has 126 valence electrons. The molecule has 0 fully saturated rings. The van der Waals surface area contributed by atoms with Crippen molar-refractivity contribution in [2.75, 3.05) is 0 Å². The first-order valence-electron chi connectivity index (χ1n) is 7.35. The number of hydrogen-bond acceptors (Lipinski definition) is 4. The molecular formula is C17H14FN5O2. The first-order valence-corrected chi connectivity index (χ1v) is 7.35. The molecule has 0 unspecified atom stereocenters. The average Bonchev–Trinajstić information content (AvgIpc) is 3.15. The van der Waals surface area contributed by atoms with Gasteiger partial charge in [-0.15, -0.1) is 10.2 Å².